The average Bonchev–Trinajstić information content (AvgIpc) is 2.12. The zero-order valence-electron chi connectivity index (χ0n) is 6.69. The largest absolute Gasteiger partial charge is 0.362 e. The summed E-state index contributed by atoms with van der Waals surface area (Å²) >= 11 is 2.32. The molecule has 0 aliphatic heterocycles. The second kappa shape index (κ2) is 3.39. The molecular formula is C8H15IO. The molecular weight excluding hydrogens is 239 g/mol. The third-order valence-corrected chi connectivity index (χ3v) is 2.36. The first-order valence-electron chi connectivity index (χ1n) is 3.94. The van der Waals surface area contributed by atoms with Crippen molar-refractivity contribution < 1.29 is 4.74 Å². The summed E-state index contributed by atoms with van der Waals surface area (Å²) in [5, 5.41) is 0. The van der Waals surface area contributed by atoms with Crippen molar-refractivity contribution in [1.82, 2.24) is 0 Å². The zero-order chi connectivity index (χ0) is 7.61. The molecule has 0 radical (unpaired) electrons. The third-order valence-electron chi connectivity index (χ3n) is 2.11. The van der Waals surface area contributed by atoms with Crippen LogP contribution in [0.25, 0.3) is 0 Å². The lowest BCUT2D eigenvalue weighted by Gasteiger charge is -2.25. The van der Waals surface area contributed by atoms with Crippen molar-refractivity contribution >= 4 is 22.6 Å². The first-order valence-corrected chi connectivity index (χ1v) is 5.19. The van der Waals surface area contributed by atoms with Gasteiger partial charge in [-0.05, 0) is 26.7 Å². The van der Waals surface area contributed by atoms with Crippen LogP contribution in [0.5, 0.6) is 0 Å². The van der Waals surface area contributed by atoms with Gasteiger partial charge in [-0.15, -0.1) is 0 Å². The van der Waals surface area contributed by atoms with E-state index < -0.39 is 0 Å². The third kappa shape index (κ3) is 2.38. The molecule has 10 heavy (non-hydrogen) atoms. The molecule has 1 rings (SSSR count). The lowest BCUT2D eigenvalue weighted by atomic mass is 10.1. The Labute approximate surface area is 76.7 Å². The van der Waals surface area contributed by atoms with E-state index in [0.29, 0.717) is 4.11 Å². The lowest BCUT2D eigenvalue weighted by Crippen LogP contribution is -2.26. The summed E-state index contributed by atoms with van der Waals surface area (Å²) in [7, 11) is 0. The van der Waals surface area contributed by atoms with Gasteiger partial charge in [-0.25, -0.2) is 0 Å². The Kier molecular flexibility index (Phi) is 2.98. The van der Waals surface area contributed by atoms with Crippen LogP contribution in [0.4, 0.5) is 0 Å². The molecule has 1 aliphatic carbocycles. The van der Waals surface area contributed by atoms with Crippen molar-refractivity contribution in [2.45, 2.75) is 49.2 Å². The summed E-state index contributed by atoms with van der Waals surface area (Å²) in [5.41, 5.74) is 0.209. The Morgan fingerprint density at radius 3 is 2.30 bits per heavy atom. The van der Waals surface area contributed by atoms with Crippen LogP contribution < -0.4 is 0 Å². The van der Waals surface area contributed by atoms with Gasteiger partial charge in [0.05, 0.1) is 5.60 Å². The highest BCUT2D eigenvalue weighted by atomic mass is 127. The van der Waals surface area contributed by atoms with Crippen LogP contribution in [0.1, 0.15) is 39.5 Å². The molecule has 0 amide bonds. The maximum Gasteiger partial charge on any atom is 0.106 e. The Hall–Kier alpha value is 0.690. The maximum atomic E-state index is 5.79. The predicted octanol–water partition coefficient (Wildman–Crippen LogP) is 3.12. The number of ether oxygens (including phenoxy) is 1. The fraction of sp³-hybridized carbons (Fsp3) is 1.00. The summed E-state index contributed by atoms with van der Waals surface area (Å²) in [6, 6.07) is 0. The number of hydrogen-bond donors (Lipinski definition) is 0. The number of alkyl halides is 1. The van der Waals surface area contributed by atoms with Crippen LogP contribution in [-0.2, 0) is 4.74 Å². The summed E-state index contributed by atoms with van der Waals surface area (Å²) in [4.78, 5) is 0. The maximum absolute atomic E-state index is 5.79. The van der Waals surface area contributed by atoms with Gasteiger partial charge in [0.25, 0.3) is 0 Å². The van der Waals surface area contributed by atoms with Crippen LogP contribution >= 0.6 is 22.6 Å². The minimum Gasteiger partial charge on any atom is -0.362 e. The van der Waals surface area contributed by atoms with Gasteiger partial charge in [0.2, 0.25) is 0 Å². The van der Waals surface area contributed by atoms with E-state index in [1.807, 2.05) is 0 Å². The molecule has 1 atom stereocenters. The van der Waals surface area contributed by atoms with Gasteiger partial charge in [0.15, 0.2) is 0 Å². The van der Waals surface area contributed by atoms with Crippen molar-refractivity contribution in [1.29, 1.82) is 0 Å². The normalized spacial score (nSPS) is 26.7. The van der Waals surface area contributed by atoms with Gasteiger partial charge in [-0.1, -0.05) is 35.4 Å². The molecule has 0 aromatic heterocycles. The highest BCUT2D eigenvalue weighted by Crippen LogP contribution is 2.34. The minimum atomic E-state index is 0.209. The number of halogens is 1. The SMILES string of the molecule is C[C@H](I)OC1(C)CCCC1. The van der Waals surface area contributed by atoms with Crippen LogP contribution in [0.15, 0.2) is 0 Å². The molecule has 0 heterocycles. The molecule has 0 N–H and O–H groups in total. The molecule has 0 spiro atoms. The van der Waals surface area contributed by atoms with Crippen LogP contribution in [0, 0.1) is 0 Å². The second-order valence-corrected chi connectivity index (χ2v) is 5.07. The lowest BCUT2D eigenvalue weighted by molar-refractivity contribution is -0.0276. The molecule has 1 nitrogen and oxygen atoms in total. The van der Waals surface area contributed by atoms with Gasteiger partial charge in [-0.3, -0.25) is 0 Å². The molecule has 1 aliphatic rings. The first kappa shape index (κ1) is 8.78. The standard InChI is InChI=1S/C8H15IO/c1-7(9)10-8(2)5-3-4-6-8/h7H,3-6H2,1-2H3/t7-/m1/s1. The smallest absolute Gasteiger partial charge is 0.106 e. The first-order chi connectivity index (χ1) is 4.62. The molecule has 0 unspecified atom stereocenters. The fourth-order valence-electron chi connectivity index (χ4n) is 1.63. The summed E-state index contributed by atoms with van der Waals surface area (Å²) in [5.74, 6) is 0. The minimum absolute atomic E-state index is 0.209. The number of hydrogen-bond acceptors (Lipinski definition) is 1. The topological polar surface area (TPSA) is 9.23 Å². The molecule has 1 fully saturated rings. The zero-order valence-corrected chi connectivity index (χ0v) is 8.85. The monoisotopic (exact) mass is 254 g/mol. The Morgan fingerprint density at radius 2 is 1.90 bits per heavy atom. The Bertz CT molecular complexity index is 106. The van der Waals surface area contributed by atoms with Crippen LogP contribution in [0.3, 0.4) is 0 Å². The summed E-state index contributed by atoms with van der Waals surface area (Å²) in [6.07, 6.45) is 5.19. The van der Waals surface area contributed by atoms with Crippen molar-refractivity contribution in [3.05, 3.63) is 0 Å². The quantitative estimate of drug-likeness (QED) is 0.543. The molecule has 60 valence electrons. The van der Waals surface area contributed by atoms with Gasteiger partial charge in [-0.2, -0.15) is 0 Å². The highest BCUT2D eigenvalue weighted by molar-refractivity contribution is 14.1. The van der Waals surface area contributed by atoms with E-state index in [-0.39, 0.29) is 5.60 Å². The van der Waals surface area contributed by atoms with Gasteiger partial charge >= 0.3 is 0 Å². The Balaban J connectivity index is 2.36. The highest BCUT2D eigenvalue weighted by Gasteiger charge is 2.30. The van der Waals surface area contributed by atoms with Gasteiger partial charge in [0.1, 0.15) is 4.11 Å². The van der Waals surface area contributed by atoms with Gasteiger partial charge < -0.3 is 4.74 Å². The molecule has 0 aromatic rings. The second-order valence-electron chi connectivity index (χ2n) is 3.32. The summed E-state index contributed by atoms with van der Waals surface area (Å²) < 4.78 is 6.15. The van der Waals surface area contributed by atoms with Crippen molar-refractivity contribution in [3.8, 4) is 0 Å². The van der Waals surface area contributed by atoms with Crippen molar-refractivity contribution in [2.24, 2.45) is 0 Å². The molecule has 0 saturated heterocycles. The van der Waals surface area contributed by atoms with Crippen LogP contribution in [0.2, 0.25) is 0 Å². The van der Waals surface area contributed by atoms with E-state index >= 15 is 0 Å². The number of rotatable bonds is 2. The average molecular weight is 254 g/mol. The molecule has 2 heteroatoms. The van der Waals surface area contributed by atoms with Gasteiger partial charge in [0, 0.05) is 0 Å². The van der Waals surface area contributed by atoms with E-state index in [9.17, 15) is 0 Å². The van der Waals surface area contributed by atoms with Crippen molar-refractivity contribution in [2.75, 3.05) is 0 Å². The fourth-order valence-corrected chi connectivity index (χ4v) is 2.25. The molecule has 0 aromatic carbocycles. The summed E-state index contributed by atoms with van der Waals surface area (Å²) in [6.45, 7) is 4.33. The van der Waals surface area contributed by atoms with E-state index in [4.69, 9.17) is 4.74 Å². The van der Waals surface area contributed by atoms with Crippen LogP contribution in [-0.4, -0.2) is 9.71 Å². The van der Waals surface area contributed by atoms with E-state index in [0.717, 1.165) is 0 Å². The predicted molar refractivity (Wildman–Crippen MR) is 51.4 cm³/mol. The van der Waals surface area contributed by atoms with Crippen molar-refractivity contribution in [3.63, 3.8) is 0 Å². The Morgan fingerprint density at radius 1 is 1.40 bits per heavy atom. The molecule has 0 bridgehead atoms. The molecule has 1 saturated carbocycles. The van der Waals surface area contributed by atoms with E-state index in [1.54, 1.807) is 0 Å². The van der Waals surface area contributed by atoms with E-state index in [2.05, 4.69) is 36.4 Å². The van der Waals surface area contributed by atoms with E-state index in [1.165, 1.54) is 25.7 Å².